The van der Waals surface area contributed by atoms with Crippen LogP contribution in [0.25, 0.3) is 0 Å². The predicted octanol–water partition coefficient (Wildman–Crippen LogP) is 2.63. The number of azo groups is 1. The summed E-state index contributed by atoms with van der Waals surface area (Å²) in [4.78, 5) is 11.1. The first kappa shape index (κ1) is 10.6. The Morgan fingerprint density at radius 2 is 2.20 bits per heavy atom. The summed E-state index contributed by atoms with van der Waals surface area (Å²) in [5, 5.41) is 6.09. The van der Waals surface area contributed by atoms with Crippen molar-refractivity contribution in [3.63, 3.8) is 0 Å². The van der Waals surface area contributed by atoms with E-state index in [1.54, 1.807) is 0 Å². The Labute approximate surface area is 93.3 Å². The molecule has 1 aliphatic heterocycles. The van der Waals surface area contributed by atoms with Crippen LogP contribution in [-0.4, -0.2) is 17.9 Å². The molecule has 1 amide bonds. The monoisotopic (exact) mass is 228 g/mol. The summed E-state index contributed by atoms with van der Waals surface area (Å²) in [5.74, 6) is 0.591. The van der Waals surface area contributed by atoms with Gasteiger partial charge in [0.15, 0.2) is 5.38 Å². The van der Waals surface area contributed by atoms with Crippen molar-refractivity contribution in [1.82, 2.24) is 0 Å². The van der Waals surface area contributed by atoms with E-state index in [0.717, 1.165) is 0 Å². The maximum absolute atomic E-state index is 11.1. The van der Waals surface area contributed by atoms with Gasteiger partial charge >= 0.3 is 0 Å². The number of halogens is 1. The molecule has 0 spiro atoms. The fourth-order valence-electron chi connectivity index (χ4n) is 1.88. The molecular weight excluding hydrogens is 216 g/mol. The van der Waals surface area contributed by atoms with E-state index in [4.69, 9.17) is 16.3 Å². The van der Waals surface area contributed by atoms with Crippen LogP contribution in [0.4, 0.5) is 0 Å². The minimum atomic E-state index is -0.788. The molecule has 2 rings (SSSR count). The van der Waals surface area contributed by atoms with E-state index >= 15 is 0 Å². The summed E-state index contributed by atoms with van der Waals surface area (Å²) < 4.78 is 5.50. The third-order valence-electron chi connectivity index (χ3n) is 2.77. The second-order valence-electron chi connectivity index (χ2n) is 3.91. The number of nitrogens with zero attached hydrogens (tertiary/aromatic N) is 2. The average molecular weight is 229 g/mol. The van der Waals surface area contributed by atoms with Crippen molar-refractivity contribution >= 4 is 17.5 Å². The number of ether oxygens (including phenoxy) is 1. The molecule has 1 unspecified atom stereocenters. The van der Waals surface area contributed by atoms with E-state index in [1.807, 2.05) is 0 Å². The molecule has 1 saturated carbocycles. The van der Waals surface area contributed by atoms with Crippen LogP contribution >= 0.6 is 11.6 Å². The first-order chi connectivity index (χ1) is 7.27. The standard InChI is InChI=1S/C10H13ClN2O2/c11-9-8(5-12-13-10(9)14)15-6-7-3-1-2-4-7/h5,7,9H,1-4,6H2. The van der Waals surface area contributed by atoms with Gasteiger partial charge in [-0.3, -0.25) is 4.79 Å². The van der Waals surface area contributed by atoms with Crippen LogP contribution in [0.15, 0.2) is 22.2 Å². The molecule has 0 aromatic carbocycles. The summed E-state index contributed by atoms with van der Waals surface area (Å²) in [6.45, 7) is 0.637. The normalized spacial score (nSPS) is 26.9. The molecule has 0 radical (unpaired) electrons. The molecule has 15 heavy (non-hydrogen) atoms. The van der Waals surface area contributed by atoms with Gasteiger partial charge in [-0.2, -0.15) is 5.11 Å². The lowest BCUT2D eigenvalue weighted by atomic mass is 10.1. The highest BCUT2D eigenvalue weighted by molar-refractivity contribution is 6.32. The largest absolute Gasteiger partial charge is 0.494 e. The minimum absolute atomic E-state index is 0.434. The molecule has 1 fully saturated rings. The number of hydrogen-bond acceptors (Lipinski definition) is 3. The zero-order chi connectivity index (χ0) is 10.7. The molecule has 0 aromatic rings. The lowest BCUT2D eigenvalue weighted by Gasteiger charge is -2.16. The van der Waals surface area contributed by atoms with Crippen LogP contribution in [-0.2, 0) is 9.53 Å². The second-order valence-corrected chi connectivity index (χ2v) is 4.35. The van der Waals surface area contributed by atoms with E-state index in [1.165, 1.54) is 31.9 Å². The van der Waals surface area contributed by atoms with Crippen LogP contribution in [0.2, 0.25) is 0 Å². The van der Waals surface area contributed by atoms with Crippen molar-refractivity contribution in [1.29, 1.82) is 0 Å². The van der Waals surface area contributed by atoms with Crippen molar-refractivity contribution in [2.75, 3.05) is 6.61 Å². The van der Waals surface area contributed by atoms with Gasteiger partial charge in [-0.1, -0.05) is 12.8 Å². The predicted molar refractivity (Wildman–Crippen MR) is 55.5 cm³/mol. The first-order valence-electron chi connectivity index (χ1n) is 5.19. The van der Waals surface area contributed by atoms with E-state index in [2.05, 4.69) is 10.2 Å². The molecule has 0 aromatic heterocycles. The Kier molecular flexibility index (Phi) is 3.36. The fraction of sp³-hybridized carbons (Fsp3) is 0.700. The smallest absolute Gasteiger partial charge is 0.290 e. The van der Waals surface area contributed by atoms with Crippen molar-refractivity contribution in [2.45, 2.75) is 31.1 Å². The van der Waals surface area contributed by atoms with Gasteiger partial charge in [0, 0.05) is 0 Å². The summed E-state index contributed by atoms with van der Waals surface area (Å²) >= 11 is 5.82. The van der Waals surface area contributed by atoms with Gasteiger partial charge in [0.25, 0.3) is 5.91 Å². The summed E-state index contributed by atoms with van der Waals surface area (Å²) in [5.41, 5.74) is 0. The summed E-state index contributed by atoms with van der Waals surface area (Å²) in [7, 11) is 0. The van der Waals surface area contributed by atoms with E-state index in [9.17, 15) is 4.79 Å². The fourth-order valence-corrected chi connectivity index (χ4v) is 2.05. The number of carbonyl (C=O) groups is 1. The van der Waals surface area contributed by atoms with Crippen molar-refractivity contribution < 1.29 is 9.53 Å². The molecule has 4 nitrogen and oxygen atoms in total. The summed E-state index contributed by atoms with van der Waals surface area (Å²) in [6, 6.07) is 0. The Hall–Kier alpha value is -0.900. The number of hydrogen-bond donors (Lipinski definition) is 0. The minimum Gasteiger partial charge on any atom is -0.494 e. The highest BCUT2D eigenvalue weighted by Gasteiger charge is 2.26. The van der Waals surface area contributed by atoms with Gasteiger partial charge in [0.05, 0.1) is 12.8 Å². The maximum Gasteiger partial charge on any atom is 0.290 e. The Bertz CT molecular complexity index is 309. The van der Waals surface area contributed by atoms with Crippen LogP contribution < -0.4 is 0 Å². The topological polar surface area (TPSA) is 51.0 Å². The molecule has 0 bridgehead atoms. The molecule has 1 aliphatic carbocycles. The van der Waals surface area contributed by atoms with Crippen molar-refractivity contribution in [3.8, 4) is 0 Å². The Morgan fingerprint density at radius 1 is 1.47 bits per heavy atom. The van der Waals surface area contributed by atoms with Crippen LogP contribution in [0.5, 0.6) is 0 Å². The third kappa shape index (κ3) is 2.56. The highest BCUT2D eigenvalue weighted by Crippen LogP contribution is 2.27. The molecule has 1 atom stereocenters. The van der Waals surface area contributed by atoms with Crippen LogP contribution in [0, 0.1) is 5.92 Å². The molecule has 2 aliphatic rings. The molecule has 5 heteroatoms. The van der Waals surface area contributed by atoms with Gasteiger partial charge in [-0.05, 0) is 18.8 Å². The molecule has 82 valence electrons. The van der Waals surface area contributed by atoms with Gasteiger partial charge in [0.1, 0.15) is 5.76 Å². The number of carbonyl (C=O) groups excluding carboxylic acids is 1. The van der Waals surface area contributed by atoms with Crippen molar-refractivity contribution in [3.05, 3.63) is 12.0 Å². The van der Waals surface area contributed by atoms with Gasteiger partial charge in [-0.25, -0.2) is 0 Å². The van der Waals surface area contributed by atoms with Crippen LogP contribution in [0.1, 0.15) is 25.7 Å². The van der Waals surface area contributed by atoms with Gasteiger partial charge in [-0.15, -0.1) is 16.7 Å². The van der Waals surface area contributed by atoms with E-state index < -0.39 is 11.3 Å². The zero-order valence-electron chi connectivity index (χ0n) is 8.36. The van der Waals surface area contributed by atoms with Crippen molar-refractivity contribution in [2.24, 2.45) is 16.1 Å². The Morgan fingerprint density at radius 3 is 2.93 bits per heavy atom. The second kappa shape index (κ2) is 4.75. The molecular formula is C10H13ClN2O2. The lowest BCUT2D eigenvalue weighted by Crippen LogP contribution is -2.20. The van der Waals surface area contributed by atoms with Gasteiger partial charge in [0.2, 0.25) is 0 Å². The van der Waals surface area contributed by atoms with Crippen LogP contribution in [0.3, 0.4) is 0 Å². The van der Waals surface area contributed by atoms with Gasteiger partial charge < -0.3 is 4.74 Å². The number of amides is 1. The summed E-state index contributed by atoms with van der Waals surface area (Å²) in [6.07, 6.45) is 6.38. The highest BCUT2D eigenvalue weighted by atomic mass is 35.5. The Balaban J connectivity index is 1.85. The van der Waals surface area contributed by atoms with E-state index in [-0.39, 0.29) is 0 Å². The quantitative estimate of drug-likeness (QED) is 0.698. The molecule has 0 N–H and O–H groups in total. The molecule has 0 saturated heterocycles. The van der Waals surface area contributed by atoms with E-state index in [0.29, 0.717) is 18.3 Å². The maximum atomic E-state index is 11.1. The first-order valence-corrected chi connectivity index (χ1v) is 5.62. The average Bonchev–Trinajstić information content (AvgIpc) is 2.73. The lowest BCUT2D eigenvalue weighted by molar-refractivity contribution is -0.118. The SMILES string of the molecule is O=C1N=NC=C(OCC2CCCC2)C1Cl. The third-order valence-corrected chi connectivity index (χ3v) is 3.17. The number of alkyl halides is 1. The number of rotatable bonds is 3. The molecule has 1 heterocycles. The zero-order valence-corrected chi connectivity index (χ0v) is 9.11.